The maximum Gasteiger partial charge on any atom is 0.223 e. The van der Waals surface area contributed by atoms with Crippen LogP contribution in [0.25, 0.3) is 0 Å². The Bertz CT molecular complexity index is 847. The van der Waals surface area contributed by atoms with Crippen LogP contribution >= 0.6 is 0 Å². The summed E-state index contributed by atoms with van der Waals surface area (Å²) in [6, 6.07) is 13.8. The van der Waals surface area contributed by atoms with E-state index in [1.807, 2.05) is 37.3 Å². The van der Waals surface area contributed by atoms with E-state index in [4.69, 9.17) is 14.2 Å². The van der Waals surface area contributed by atoms with Crippen LogP contribution in [0, 0.1) is 5.92 Å². The van der Waals surface area contributed by atoms with E-state index in [-0.39, 0.29) is 17.9 Å². The molecule has 0 aromatic heterocycles. The Morgan fingerprint density at radius 1 is 1.03 bits per heavy atom. The van der Waals surface area contributed by atoms with Crippen LogP contribution < -0.4 is 19.5 Å². The summed E-state index contributed by atoms with van der Waals surface area (Å²) in [6.45, 7) is 4.71. The number of likely N-dealkylation sites (tertiary alicyclic amines) is 1. The van der Waals surface area contributed by atoms with E-state index in [1.54, 1.807) is 21.3 Å². The molecule has 1 aliphatic rings. The first kappa shape index (κ1) is 22.0. The van der Waals surface area contributed by atoms with Gasteiger partial charge in [-0.2, -0.15) is 0 Å². The Morgan fingerprint density at radius 2 is 1.77 bits per heavy atom. The third kappa shape index (κ3) is 5.45. The maximum atomic E-state index is 12.8. The van der Waals surface area contributed by atoms with Gasteiger partial charge in [-0.25, -0.2) is 0 Å². The summed E-state index contributed by atoms with van der Waals surface area (Å²) < 4.78 is 16.0. The number of ether oxygens (including phenoxy) is 3. The molecule has 1 fully saturated rings. The number of amides is 1. The molecule has 2 aromatic carbocycles. The SMILES string of the molecule is COc1cccc(CN2CCC(C(=O)NC(C)c3ccc(OC)c(OC)c3)CC2)c1. The van der Waals surface area contributed by atoms with Gasteiger partial charge in [0, 0.05) is 12.5 Å². The molecule has 1 unspecified atom stereocenters. The van der Waals surface area contributed by atoms with Crippen LogP contribution in [-0.2, 0) is 11.3 Å². The second kappa shape index (κ2) is 10.3. The predicted molar refractivity (Wildman–Crippen MR) is 117 cm³/mol. The van der Waals surface area contributed by atoms with E-state index in [0.717, 1.165) is 43.8 Å². The van der Waals surface area contributed by atoms with Crippen molar-refractivity contribution < 1.29 is 19.0 Å². The molecular formula is C24H32N2O4. The number of piperidine rings is 1. The van der Waals surface area contributed by atoms with Crippen molar-refractivity contribution in [1.82, 2.24) is 10.2 Å². The number of carbonyl (C=O) groups is 1. The van der Waals surface area contributed by atoms with Gasteiger partial charge in [-0.15, -0.1) is 0 Å². The standard InChI is InChI=1S/C24H32N2O4/c1-17(20-8-9-22(29-3)23(15-20)30-4)25-24(27)19-10-12-26(13-11-19)16-18-6-5-7-21(14-18)28-2/h5-9,14-15,17,19H,10-13,16H2,1-4H3,(H,25,27). The molecule has 0 spiro atoms. The lowest BCUT2D eigenvalue weighted by molar-refractivity contribution is -0.127. The molecule has 2 aromatic rings. The smallest absolute Gasteiger partial charge is 0.223 e. The number of nitrogens with one attached hydrogen (secondary N) is 1. The molecule has 162 valence electrons. The summed E-state index contributed by atoms with van der Waals surface area (Å²) in [7, 11) is 4.92. The Kier molecular flexibility index (Phi) is 7.57. The van der Waals surface area contributed by atoms with E-state index in [0.29, 0.717) is 11.5 Å². The van der Waals surface area contributed by atoms with E-state index in [1.165, 1.54) is 5.56 Å². The zero-order valence-corrected chi connectivity index (χ0v) is 18.3. The minimum Gasteiger partial charge on any atom is -0.497 e. The predicted octanol–water partition coefficient (Wildman–Crippen LogP) is 3.80. The van der Waals surface area contributed by atoms with Crippen molar-refractivity contribution in [3.8, 4) is 17.2 Å². The van der Waals surface area contributed by atoms with Crippen LogP contribution in [0.4, 0.5) is 0 Å². The number of methoxy groups -OCH3 is 3. The van der Waals surface area contributed by atoms with Gasteiger partial charge in [-0.05, 0) is 68.2 Å². The van der Waals surface area contributed by atoms with E-state index in [2.05, 4.69) is 22.3 Å². The third-order valence-corrected chi connectivity index (χ3v) is 5.77. The first-order valence-corrected chi connectivity index (χ1v) is 10.4. The second-order valence-corrected chi connectivity index (χ2v) is 7.75. The van der Waals surface area contributed by atoms with E-state index >= 15 is 0 Å². The number of hydrogen-bond donors (Lipinski definition) is 1. The number of rotatable bonds is 8. The lowest BCUT2D eigenvalue weighted by atomic mass is 9.94. The summed E-state index contributed by atoms with van der Waals surface area (Å²) in [5, 5.41) is 3.16. The highest BCUT2D eigenvalue weighted by Gasteiger charge is 2.26. The van der Waals surface area contributed by atoms with Crippen molar-refractivity contribution in [3.63, 3.8) is 0 Å². The highest BCUT2D eigenvalue weighted by atomic mass is 16.5. The van der Waals surface area contributed by atoms with Gasteiger partial charge >= 0.3 is 0 Å². The highest BCUT2D eigenvalue weighted by Crippen LogP contribution is 2.30. The molecule has 1 aliphatic heterocycles. The van der Waals surface area contributed by atoms with Crippen LogP contribution in [-0.4, -0.2) is 45.2 Å². The molecule has 0 saturated carbocycles. The largest absolute Gasteiger partial charge is 0.497 e. The lowest BCUT2D eigenvalue weighted by Gasteiger charge is -2.32. The van der Waals surface area contributed by atoms with Crippen LogP contribution in [0.1, 0.15) is 36.9 Å². The van der Waals surface area contributed by atoms with Gasteiger partial charge in [0.2, 0.25) is 5.91 Å². The number of hydrogen-bond acceptors (Lipinski definition) is 5. The molecular weight excluding hydrogens is 380 g/mol. The fourth-order valence-corrected chi connectivity index (χ4v) is 3.92. The topological polar surface area (TPSA) is 60.0 Å². The Morgan fingerprint density at radius 3 is 2.43 bits per heavy atom. The summed E-state index contributed by atoms with van der Waals surface area (Å²) >= 11 is 0. The van der Waals surface area contributed by atoms with Crippen molar-refractivity contribution in [2.75, 3.05) is 34.4 Å². The molecule has 1 heterocycles. The van der Waals surface area contributed by atoms with Crippen LogP contribution in [0.2, 0.25) is 0 Å². The van der Waals surface area contributed by atoms with Crippen LogP contribution in [0.15, 0.2) is 42.5 Å². The first-order valence-electron chi connectivity index (χ1n) is 10.4. The maximum absolute atomic E-state index is 12.8. The van der Waals surface area contributed by atoms with Crippen molar-refractivity contribution in [2.24, 2.45) is 5.92 Å². The molecule has 1 amide bonds. The molecule has 6 nitrogen and oxygen atoms in total. The monoisotopic (exact) mass is 412 g/mol. The molecule has 30 heavy (non-hydrogen) atoms. The fourth-order valence-electron chi connectivity index (χ4n) is 3.92. The third-order valence-electron chi connectivity index (χ3n) is 5.77. The Labute approximate surface area is 179 Å². The normalized spacial score (nSPS) is 16.0. The molecule has 3 rings (SSSR count). The van der Waals surface area contributed by atoms with Gasteiger partial charge in [0.15, 0.2) is 11.5 Å². The summed E-state index contributed by atoms with van der Waals surface area (Å²) in [5.41, 5.74) is 2.23. The van der Waals surface area contributed by atoms with E-state index < -0.39 is 0 Å². The molecule has 0 bridgehead atoms. The fraction of sp³-hybridized carbons (Fsp3) is 0.458. The van der Waals surface area contributed by atoms with Crippen molar-refractivity contribution in [3.05, 3.63) is 53.6 Å². The summed E-state index contributed by atoms with van der Waals surface area (Å²) in [5.74, 6) is 2.41. The van der Waals surface area contributed by atoms with Gasteiger partial charge in [-0.1, -0.05) is 18.2 Å². The Balaban J connectivity index is 1.51. The van der Waals surface area contributed by atoms with E-state index in [9.17, 15) is 4.79 Å². The van der Waals surface area contributed by atoms with Crippen LogP contribution in [0.3, 0.4) is 0 Å². The minimum atomic E-state index is -0.0906. The number of nitrogens with zero attached hydrogens (tertiary/aromatic N) is 1. The number of carbonyl (C=O) groups excluding carboxylic acids is 1. The summed E-state index contributed by atoms with van der Waals surface area (Å²) in [6.07, 6.45) is 1.74. The molecule has 1 saturated heterocycles. The lowest BCUT2D eigenvalue weighted by Crippen LogP contribution is -2.40. The highest BCUT2D eigenvalue weighted by molar-refractivity contribution is 5.79. The van der Waals surface area contributed by atoms with Gasteiger partial charge < -0.3 is 19.5 Å². The van der Waals surface area contributed by atoms with Gasteiger partial charge in [0.05, 0.1) is 27.4 Å². The Hall–Kier alpha value is -2.73. The second-order valence-electron chi connectivity index (χ2n) is 7.75. The molecule has 6 heteroatoms. The van der Waals surface area contributed by atoms with Crippen molar-refractivity contribution in [1.29, 1.82) is 0 Å². The van der Waals surface area contributed by atoms with Gasteiger partial charge in [0.25, 0.3) is 0 Å². The quantitative estimate of drug-likeness (QED) is 0.715. The molecule has 0 aliphatic carbocycles. The number of benzene rings is 2. The average molecular weight is 413 g/mol. The average Bonchev–Trinajstić information content (AvgIpc) is 2.79. The van der Waals surface area contributed by atoms with Crippen molar-refractivity contribution in [2.45, 2.75) is 32.4 Å². The molecule has 1 atom stereocenters. The van der Waals surface area contributed by atoms with Gasteiger partial charge in [0.1, 0.15) is 5.75 Å². The van der Waals surface area contributed by atoms with Crippen molar-refractivity contribution >= 4 is 5.91 Å². The first-order chi connectivity index (χ1) is 14.5. The minimum absolute atomic E-state index is 0.0501. The van der Waals surface area contributed by atoms with Crippen LogP contribution in [0.5, 0.6) is 17.2 Å². The molecule has 1 N–H and O–H groups in total. The zero-order valence-electron chi connectivity index (χ0n) is 18.3. The zero-order chi connectivity index (χ0) is 21.5. The molecule has 0 radical (unpaired) electrons. The van der Waals surface area contributed by atoms with Gasteiger partial charge in [-0.3, -0.25) is 9.69 Å². The summed E-state index contributed by atoms with van der Waals surface area (Å²) in [4.78, 5) is 15.2.